The molecule has 1 amide bonds. The van der Waals surface area contributed by atoms with Crippen molar-refractivity contribution in [2.24, 2.45) is 11.7 Å². The molecule has 1 saturated carbocycles. The van der Waals surface area contributed by atoms with E-state index >= 15 is 0 Å². The van der Waals surface area contributed by atoms with E-state index in [9.17, 15) is 4.79 Å². The minimum atomic E-state index is 0.0795. The van der Waals surface area contributed by atoms with Gasteiger partial charge < -0.3 is 15.4 Å². The van der Waals surface area contributed by atoms with Crippen molar-refractivity contribution in [3.8, 4) is 0 Å². The molecule has 2 rings (SSSR count). The summed E-state index contributed by atoms with van der Waals surface area (Å²) < 4.78 is 5.42. The van der Waals surface area contributed by atoms with Gasteiger partial charge in [0.25, 0.3) is 0 Å². The summed E-state index contributed by atoms with van der Waals surface area (Å²) in [5, 5.41) is 0. The summed E-state index contributed by atoms with van der Waals surface area (Å²) in [7, 11) is 0. The molecule has 1 saturated heterocycles. The van der Waals surface area contributed by atoms with E-state index in [1.54, 1.807) is 0 Å². The van der Waals surface area contributed by atoms with Crippen LogP contribution in [0.4, 0.5) is 0 Å². The summed E-state index contributed by atoms with van der Waals surface area (Å²) in [6.45, 7) is 2.69. The zero-order valence-electron chi connectivity index (χ0n) is 10.6. The van der Waals surface area contributed by atoms with Crippen molar-refractivity contribution in [2.75, 3.05) is 26.3 Å². The zero-order chi connectivity index (χ0) is 12.1. The van der Waals surface area contributed by atoms with Crippen molar-refractivity contribution >= 4 is 5.91 Å². The maximum atomic E-state index is 12.5. The van der Waals surface area contributed by atoms with Gasteiger partial charge in [-0.25, -0.2) is 0 Å². The fraction of sp³-hybridized carbons (Fsp3) is 0.923. The van der Waals surface area contributed by atoms with E-state index in [0.717, 1.165) is 32.3 Å². The first-order valence-electron chi connectivity index (χ1n) is 6.91. The van der Waals surface area contributed by atoms with E-state index < -0.39 is 0 Å². The first kappa shape index (κ1) is 12.8. The van der Waals surface area contributed by atoms with Crippen molar-refractivity contribution in [3.05, 3.63) is 0 Å². The summed E-state index contributed by atoms with van der Waals surface area (Å²) in [5.41, 5.74) is 5.64. The molecule has 1 atom stereocenters. The minimum Gasteiger partial charge on any atom is -0.381 e. The first-order valence-corrected chi connectivity index (χ1v) is 6.91. The molecule has 1 unspecified atom stereocenters. The van der Waals surface area contributed by atoms with Crippen molar-refractivity contribution in [3.63, 3.8) is 0 Å². The average Bonchev–Trinajstić information content (AvgIpc) is 2.90. The van der Waals surface area contributed by atoms with E-state index in [1.165, 1.54) is 12.8 Å². The molecule has 0 aromatic carbocycles. The summed E-state index contributed by atoms with van der Waals surface area (Å²) >= 11 is 0. The van der Waals surface area contributed by atoms with Gasteiger partial charge in [-0.3, -0.25) is 4.79 Å². The molecule has 0 aromatic heterocycles. The van der Waals surface area contributed by atoms with Crippen molar-refractivity contribution in [2.45, 2.75) is 44.6 Å². The largest absolute Gasteiger partial charge is 0.381 e. The first-order chi connectivity index (χ1) is 8.33. The molecule has 2 N–H and O–H groups in total. The van der Waals surface area contributed by atoms with Crippen molar-refractivity contribution < 1.29 is 9.53 Å². The molecule has 2 fully saturated rings. The van der Waals surface area contributed by atoms with Crippen LogP contribution >= 0.6 is 0 Å². The number of carbonyl (C=O) groups is 1. The average molecular weight is 240 g/mol. The highest BCUT2D eigenvalue weighted by molar-refractivity contribution is 5.79. The molecule has 1 aliphatic carbocycles. The van der Waals surface area contributed by atoms with Gasteiger partial charge in [0.15, 0.2) is 0 Å². The number of hydrogen-bond acceptors (Lipinski definition) is 3. The SMILES string of the molecule is NCCN(C(=O)C1CCCOC1)C1CCCC1. The molecule has 0 aromatic rings. The summed E-state index contributed by atoms with van der Waals surface area (Å²) in [5.74, 6) is 0.359. The third-order valence-electron chi connectivity index (χ3n) is 3.93. The molecule has 4 nitrogen and oxygen atoms in total. The van der Waals surface area contributed by atoms with Crippen LogP contribution in [0.2, 0.25) is 0 Å². The lowest BCUT2D eigenvalue weighted by molar-refractivity contribution is -0.141. The maximum Gasteiger partial charge on any atom is 0.228 e. The Morgan fingerprint density at radius 2 is 2.00 bits per heavy atom. The minimum absolute atomic E-state index is 0.0795. The van der Waals surface area contributed by atoms with E-state index in [4.69, 9.17) is 10.5 Å². The van der Waals surface area contributed by atoms with Gasteiger partial charge in [0.1, 0.15) is 0 Å². The van der Waals surface area contributed by atoms with Gasteiger partial charge in [-0.2, -0.15) is 0 Å². The van der Waals surface area contributed by atoms with Gasteiger partial charge in [-0.15, -0.1) is 0 Å². The molecule has 2 aliphatic rings. The number of rotatable bonds is 4. The lowest BCUT2D eigenvalue weighted by Gasteiger charge is -2.33. The maximum absolute atomic E-state index is 12.5. The molecule has 98 valence electrons. The van der Waals surface area contributed by atoms with Crippen LogP contribution in [0.15, 0.2) is 0 Å². The van der Waals surface area contributed by atoms with E-state index in [1.807, 2.05) is 4.90 Å². The molecule has 1 heterocycles. The van der Waals surface area contributed by atoms with E-state index in [2.05, 4.69) is 0 Å². The predicted molar refractivity (Wildman–Crippen MR) is 66.6 cm³/mol. The Labute approximate surface area is 103 Å². The predicted octanol–water partition coefficient (Wildman–Crippen LogP) is 1.14. The number of hydrogen-bond donors (Lipinski definition) is 1. The lowest BCUT2D eigenvalue weighted by atomic mass is 9.99. The van der Waals surface area contributed by atoms with Crippen LogP contribution in [0, 0.1) is 5.92 Å². The Hall–Kier alpha value is -0.610. The normalized spacial score (nSPS) is 26.1. The molecular formula is C13H24N2O2. The lowest BCUT2D eigenvalue weighted by Crippen LogP contribution is -2.46. The Bertz CT molecular complexity index is 246. The van der Waals surface area contributed by atoms with Gasteiger partial charge in [-0.05, 0) is 25.7 Å². The van der Waals surface area contributed by atoms with Crippen LogP contribution < -0.4 is 5.73 Å². The van der Waals surface area contributed by atoms with Gasteiger partial charge in [0, 0.05) is 25.7 Å². The number of ether oxygens (including phenoxy) is 1. The molecule has 1 aliphatic heterocycles. The second-order valence-corrected chi connectivity index (χ2v) is 5.17. The number of nitrogens with two attached hydrogens (primary N) is 1. The van der Waals surface area contributed by atoms with Gasteiger partial charge in [0.05, 0.1) is 12.5 Å². The second-order valence-electron chi connectivity index (χ2n) is 5.17. The fourth-order valence-electron chi connectivity index (χ4n) is 3.00. The standard InChI is InChI=1S/C13H24N2O2/c14-7-8-15(12-5-1-2-6-12)13(16)11-4-3-9-17-10-11/h11-12H,1-10,14H2. The van der Waals surface area contributed by atoms with Crippen LogP contribution in [-0.4, -0.2) is 43.2 Å². The van der Waals surface area contributed by atoms with E-state index in [-0.39, 0.29) is 11.8 Å². The van der Waals surface area contributed by atoms with Gasteiger partial charge >= 0.3 is 0 Å². The quantitative estimate of drug-likeness (QED) is 0.802. The number of nitrogens with zero attached hydrogens (tertiary/aromatic N) is 1. The van der Waals surface area contributed by atoms with Crippen molar-refractivity contribution in [1.29, 1.82) is 0 Å². The highest BCUT2D eigenvalue weighted by Crippen LogP contribution is 2.26. The third-order valence-corrected chi connectivity index (χ3v) is 3.93. The third kappa shape index (κ3) is 3.19. The van der Waals surface area contributed by atoms with Crippen LogP contribution in [0.5, 0.6) is 0 Å². The number of carbonyl (C=O) groups excluding carboxylic acids is 1. The van der Waals surface area contributed by atoms with Crippen LogP contribution in [0.1, 0.15) is 38.5 Å². The summed E-state index contributed by atoms with van der Waals surface area (Å²) in [6.07, 6.45) is 6.79. The van der Waals surface area contributed by atoms with Crippen molar-refractivity contribution in [1.82, 2.24) is 4.90 Å². The Morgan fingerprint density at radius 3 is 2.59 bits per heavy atom. The molecule has 0 spiro atoms. The molecule has 0 bridgehead atoms. The zero-order valence-corrected chi connectivity index (χ0v) is 10.6. The second kappa shape index (κ2) is 6.36. The van der Waals surface area contributed by atoms with E-state index in [0.29, 0.717) is 25.7 Å². The molecule has 17 heavy (non-hydrogen) atoms. The Kier molecular flexibility index (Phi) is 4.80. The summed E-state index contributed by atoms with van der Waals surface area (Å²) in [6, 6.07) is 0.438. The number of amides is 1. The monoisotopic (exact) mass is 240 g/mol. The summed E-state index contributed by atoms with van der Waals surface area (Å²) in [4.78, 5) is 14.5. The van der Waals surface area contributed by atoms with Gasteiger partial charge in [-0.1, -0.05) is 12.8 Å². The smallest absolute Gasteiger partial charge is 0.228 e. The Balaban J connectivity index is 1.95. The molecule has 0 radical (unpaired) electrons. The fourth-order valence-corrected chi connectivity index (χ4v) is 3.00. The van der Waals surface area contributed by atoms with Gasteiger partial charge in [0.2, 0.25) is 5.91 Å². The molecule has 4 heteroatoms. The topological polar surface area (TPSA) is 55.6 Å². The molecular weight excluding hydrogens is 216 g/mol. The van der Waals surface area contributed by atoms with Crippen LogP contribution in [0.3, 0.4) is 0 Å². The highest BCUT2D eigenvalue weighted by Gasteiger charge is 2.31. The Morgan fingerprint density at radius 1 is 1.24 bits per heavy atom. The van der Waals surface area contributed by atoms with Crippen LogP contribution in [-0.2, 0) is 9.53 Å². The van der Waals surface area contributed by atoms with Crippen LogP contribution in [0.25, 0.3) is 0 Å². The highest BCUT2D eigenvalue weighted by atomic mass is 16.5.